The zero-order chi connectivity index (χ0) is 14.5. The third-order valence-electron chi connectivity index (χ3n) is 3.86. The minimum atomic E-state index is -0.197. The summed E-state index contributed by atoms with van der Waals surface area (Å²) in [4.78, 5) is 12.1. The van der Waals surface area contributed by atoms with Crippen molar-refractivity contribution in [3.63, 3.8) is 0 Å². The molecule has 1 aliphatic rings. The van der Waals surface area contributed by atoms with E-state index in [2.05, 4.69) is 24.5 Å². The molecule has 2 rings (SSSR count). The van der Waals surface area contributed by atoms with Gasteiger partial charge >= 0.3 is 6.03 Å². The summed E-state index contributed by atoms with van der Waals surface area (Å²) in [6, 6.07) is 7.90. The molecule has 0 saturated heterocycles. The van der Waals surface area contributed by atoms with E-state index in [0.29, 0.717) is 5.92 Å². The summed E-state index contributed by atoms with van der Waals surface area (Å²) in [5.74, 6) is 0.372. The Labute approximate surface area is 120 Å². The maximum absolute atomic E-state index is 12.1. The number of nitrogens with one attached hydrogen (secondary N) is 2. The highest BCUT2D eigenvalue weighted by Gasteiger charge is 2.21. The molecule has 0 aromatic heterocycles. The van der Waals surface area contributed by atoms with Crippen LogP contribution in [0.25, 0.3) is 0 Å². The maximum Gasteiger partial charge on any atom is 0.319 e. The lowest BCUT2D eigenvalue weighted by Gasteiger charge is -2.26. The third kappa shape index (κ3) is 3.97. The van der Waals surface area contributed by atoms with Crippen LogP contribution in [0.15, 0.2) is 24.3 Å². The lowest BCUT2D eigenvalue weighted by atomic mass is 9.93. The van der Waals surface area contributed by atoms with Crippen molar-refractivity contribution in [2.75, 3.05) is 5.32 Å². The second-order valence-corrected chi connectivity index (χ2v) is 5.85. The molecule has 1 fully saturated rings. The lowest BCUT2D eigenvalue weighted by Crippen LogP contribution is -2.41. The number of urea groups is 1. The number of anilines is 1. The predicted octanol–water partition coefficient (Wildman–Crippen LogP) is 3.24. The van der Waals surface area contributed by atoms with Crippen molar-refractivity contribution >= 4 is 11.7 Å². The smallest absolute Gasteiger partial charge is 0.319 e. The van der Waals surface area contributed by atoms with Gasteiger partial charge in [-0.25, -0.2) is 4.79 Å². The van der Waals surface area contributed by atoms with Gasteiger partial charge < -0.3 is 15.7 Å². The van der Waals surface area contributed by atoms with Crippen molar-refractivity contribution in [1.82, 2.24) is 5.32 Å². The van der Waals surface area contributed by atoms with E-state index in [-0.39, 0.29) is 18.2 Å². The van der Waals surface area contributed by atoms with Gasteiger partial charge in [0.1, 0.15) is 0 Å². The molecule has 0 radical (unpaired) electrons. The molecule has 0 unspecified atom stereocenters. The SMILES string of the molecule is CC(C)c1ccccc1NC(=O)NC1CCC(O)CC1. The molecule has 1 saturated carbocycles. The monoisotopic (exact) mass is 276 g/mol. The fourth-order valence-electron chi connectivity index (χ4n) is 2.68. The summed E-state index contributed by atoms with van der Waals surface area (Å²) in [5.41, 5.74) is 2.01. The number of rotatable bonds is 3. The molecule has 1 aromatic carbocycles. The molecule has 0 spiro atoms. The van der Waals surface area contributed by atoms with Crippen LogP contribution in [0.1, 0.15) is 51.0 Å². The highest BCUT2D eigenvalue weighted by Crippen LogP contribution is 2.24. The van der Waals surface area contributed by atoms with Crippen LogP contribution in [0.4, 0.5) is 10.5 Å². The van der Waals surface area contributed by atoms with E-state index in [4.69, 9.17) is 0 Å². The normalized spacial score (nSPS) is 22.6. The largest absolute Gasteiger partial charge is 0.393 e. The van der Waals surface area contributed by atoms with Crippen molar-refractivity contribution < 1.29 is 9.90 Å². The zero-order valence-electron chi connectivity index (χ0n) is 12.2. The quantitative estimate of drug-likeness (QED) is 0.793. The van der Waals surface area contributed by atoms with Crippen LogP contribution < -0.4 is 10.6 Å². The molecule has 0 bridgehead atoms. The number of benzene rings is 1. The number of hydrogen-bond donors (Lipinski definition) is 3. The van der Waals surface area contributed by atoms with Crippen LogP contribution in [0.2, 0.25) is 0 Å². The summed E-state index contributed by atoms with van der Waals surface area (Å²) < 4.78 is 0. The average Bonchev–Trinajstić information content (AvgIpc) is 2.41. The Morgan fingerprint density at radius 3 is 2.50 bits per heavy atom. The third-order valence-corrected chi connectivity index (χ3v) is 3.86. The first kappa shape index (κ1) is 14.9. The highest BCUT2D eigenvalue weighted by atomic mass is 16.3. The maximum atomic E-state index is 12.1. The van der Waals surface area contributed by atoms with Crippen LogP contribution in [0.3, 0.4) is 0 Å². The van der Waals surface area contributed by atoms with Gasteiger partial charge in [0.15, 0.2) is 0 Å². The van der Waals surface area contributed by atoms with Crippen molar-refractivity contribution in [2.45, 2.75) is 57.6 Å². The molecule has 3 N–H and O–H groups in total. The van der Waals surface area contributed by atoms with E-state index < -0.39 is 0 Å². The first-order valence-electron chi connectivity index (χ1n) is 7.40. The van der Waals surface area contributed by atoms with Gasteiger partial charge in [-0.1, -0.05) is 32.0 Å². The van der Waals surface area contributed by atoms with E-state index in [1.807, 2.05) is 24.3 Å². The number of aliphatic hydroxyl groups is 1. The van der Waals surface area contributed by atoms with Crippen molar-refractivity contribution in [3.8, 4) is 0 Å². The Morgan fingerprint density at radius 1 is 1.20 bits per heavy atom. The van der Waals surface area contributed by atoms with E-state index >= 15 is 0 Å². The predicted molar refractivity (Wildman–Crippen MR) is 80.9 cm³/mol. The van der Waals surface area contributed by atoms with Crippen molar-refractivity contribution in [2.24, 2.45) is 0 Å². The molecule has 1 aromatic rings. The fourth-order valence-corrected chi connectivity index (χ4v) is 2.68. The minimum absolute atomic E-state index is 0.153. The van der Waals surface area contributed by atoms with Crippen LogP contribution in [-0.2, 0) is 0 Å². The minimum Gasteiger partial charge on any atom is -0.393 e. The molecule has 2 amide bonds. The Hall–Kier alpha value is -1.55. The molecule has 20 heavy (non-hydrogen) atoms. The van der Waals surface area contributed by atoms with Gasteiger partial charge in [-0.05, 0) is 43.2 Å². The Balaban J connectivity index is 1.91. The van der Waals surface area contributed by atoms with Gasteiger partial charge in [-0.2, -0.15) is 0 Å². The first-order valence-corrected chi connectivity index (χ1v) is 7.40. The van der Waals surface area contributed by atoms with Crippen LogP contribution in [-0.4, -0.2) is 23.3 Å². The van der Waals surface area contributed by atoms with Gasteiger partial charge in [0.2, 0.25) is 0 Å². The summed E-state index contributed by atoms with van der Waals surface area (Å²) in [7, 11) is 0. The number of hydrogen-bond acceptors (Lipinski definition) is 2. The zero-order valence-corrected chi connectivity index (χ0v) is 12.2. The molecular formula is C16H24N2O2. The summed E-state index contributed by atoms with van der Waals surface area (Å²) in [5, 5.41) is 15.4. The first-order chi connectivity index (χ1) is 9.56. The van der Waals surface area contributed by atoms with E-state index in [0.717, 1.165) is 36.9 Å². The molecular weight excluding hydrogens is 252 g/mol. The van der Waals surface area contributed by atoms with Gasteiger partial charge in [0, 0.05) is 11.7 Å². The Morgan fingerprint density at radius 2 is 1.85 bits per heavy atom. The fraction of sp³-hybridized carbons (Fsp3) is 0.562. The lowest BCUT2D eigenvalue weighted by molar-refractivity contribution is 0.118. The number of amides is 2. The molecule has 0 heterocycles. The van der Waals surface area contributed by atoms with Crippen LogP contribution >= 0.6 is 0 Å². The number of carbonyl (C=O) groups is 1. The molecule has 0 atom stereocenters. The van der Waals surface area contributed by atoms with Crippen molar-refractivity contribution in [3.05, 3.63) is 29.8 Å². The number of aliphatic hydroxyl groups excluding tert-OH is 1. The van der Waals surface area contributed by atoms with Crippen molar-refractivity contribution in [1.29, 1.82) is 0 Å². The molecule has 0 aliphatic heterocycles. The van der Waals surface area contributed by atoms with E-state index in [1.54, 1.807) is 0 Å². The molecule has 4 heteroatoms. The number of carbonyl (C=O) groups excluding carboxylic acids is 1. The van der Waals surface area contributed by atoms with Gasteiger partial charge in [-0.3, -0.25) is 0 Å². The van der Waals surface area contributed by atoms with Crippen LogP contribution in [0.5, 0.6) is 0 Å². The topological polar surface area (TPSA) is 61.4 Å². The van der Waals surface area contributed by atoms with E-state index in [9.17, 15) is 9.90 Å². The molecule has 1 aliphatic carbocycles. The van der Waals surface area contributed by atoms with Gasteiger partial charge in [-0.15, -0.1) is 0 Å². The Bertz CT molecular complexity index is 452. The van der Waals surface area contributed by atoms with E-state index in [1.165, 1.54) is 0 Å². The second kappa shape index (κ2) is 6.75. The molecule has 110 valence electrons. The summed E-state index contributed by atoms with van der Waals surface area (Å²) >= 11 is 0. The molecule has 4 nitrogen and oxygen atoms in total. The van der Waals surface area contributed by atoms with Crippen LogP contribution in [0, 0.1) is 0 Å². The number of para-hydroxylation sites is 1. The second-order valence-electron chi connectivity index (χ2n) is 5.85. The standard InChI is InChI=1S/C16H24N2O2/c1-11(2)14-5-3-4-6-15(14)18-16(20)17-12-7-9-13(19)10-8-12/h3-6,11-13,19H,7-10H2,1-2H3,(H2,17,18,20). The summed E-state index contributed by atoms with van der Waals surface area (Å²) in [6.07, 6.45) is 3.04. The van der Waals surface area contributed by atoms with Gasteiger partial charge in [0.25, 0.3) is 0 Å². The Kier molecular flexibility index (Phi) is 5.01. The van der Waals surface area contributed by atoms with Gasteiger partial charge in [0.05, 0.1) is 6.10 Å². The summed E-state index contributed by atoms with van der Waals surface area (Å²) in [6.45, 7) is 4.22. The average molecular weight is 276 g/mol. The highest BCUT2D eigenvalue weighted by molar-refractivity contribution is 5.90.